The summed E-state index contributed by atoms with van der Waals surface area (Å²) < 4.78 is 32.1. The molecule has 0 spiro atoms. The Kier molecular flexibility index (Phi) is 13.0. The fraction of sp³-hybridized carbons (Fsp3) is 0.250. The summed E-state index contributed by atoms with van der Waals surface area (Å²) in [4.78, 5) is 13.0. The normalized spacial score (nSPS) is 11.4. The van der Waals surface area contributed by atoms with Crippen molar-refractivity contribution >= 4 is 45.0 Å². The van der Waals surface area contributed by atoms with Gasteiger partial charge in [-0.15, -0.1) is 11.8 Å². The molecule has 3 N–H and O–H groups in total. The van der Waals surface area contributed by atoms with Gasteiger partial charge in [-0.05, 0) is 80.2 Å². The van der Waals surface area contributed by atoms with Crippen LogP contribution in [0.2, 0.25) is 0 Å². The summed E-state index contributed by atoms with van der Waals surface area (Å²) in [5.74, 6) is 0.750. The summed E-state index contributed by atoms with van der Waals surface area (Å²) >= 11 is 6.39. The minimum absolute atomic E-state index is 0.0268. The van der Waals surface area contributed by atoms with Crippen molar-refractivity contribution < 1.29 is 17.6 Å². The average Bonchev–Trinajstić information content (AvgIpc) is 3.28. The summed E-state index contributed by atoms with van der Waals surface area (Å²) in [5.41, 5.74) is 1.41. The Hall–Kier alpha value is -2.82. The first-order valence-electron chi connectivity index (χ1n) is 10.3. The minimum atomic E-state index is -3.76. The molecule has 1 aromatic heterocycles. The van der Waals surface area contributed by atoms with E-state index in [0.29, 0.717) is 18.5 Å². The number of furan rings is 1. The number of aryl methyl sites for hydroxylation is 2. The van der Waals surface area contributed by atoms with E-state index in [0.717, 1.165) is 16.2 Å². The van der Waals surface area contributed by atoms with Gasteiger partial charge in [-0.1, -0.05) is 24.8 Å². The molecule has 1 heterocycles. The number of nitrogens with one attached hydrogen (secondary N) is 3. The van der Waals surface area contributed by atoms with Crippen LogP contribution in [0, 0.1) is 13.8 Å². The van der Waals surface area contributed by atoms with E-state index in [9.17, 15) is 13.2 Å². The fourth-order valence-electron chi connectivity index (χ4n) is 2.53. The molecule has 0 aliphatic heterocycles. The summed E-state index contributed by atoms with van der Waals surface area (Å²) in [6.45, 7) is 7.64. The number of rotatable bonds is 9. The predicted octanol–water partition coefficient (Wildman–Crippen LogP) is 4.01. The number of amides is 1. The van der Waals surface area contributed by atoms with Crippen LogP contribution in [-0.4, -0.2) is 39.3 Å². The van der Waals surface area contributed by atoms with Crippen molar-refractivity contribution in [3.8, 4) is 0 Å². The zero-order chi connectivity index (χ0) is 25.6. The first-order valence-corrected chi connectivity index (χ1v) is 13.4. The second-order valence-corrected chi connectivity index (χ2v) is 9.83. The molecular formula is C24H31N3O4S3. The van der Waals surface area contributed by atoms with Crippen LogP contribution < -0.4 is 15.4 Å². The van der Waals surface area contributed by atoms with Gasteiger partial charge in [0.15, 0.2) is 5.11 Å². The lowest BCUT2D eigenvalue weighted by Crippen LogP contribution is -2.37. The third kappa shape index (κ3) is 10.9. The highest BCUT2D eigenvalue weighted by Crippen LogP contribution is 2.17. The van der Waals surface area contributed by atoms with Crippen molar-refractivity contribution in [2.75, 3.05) is 19.8 Å². The van der Waals surface area contributed by atoms with Crippen LogP contribution in [0.5, 0.6) is 0 Å². The van der Waals surface area contributed by atoms with Gasteiger partial charge in [0.25, 0.3) is 10.0 Å². The molecule has 7 nitrogen and oxygen atoms in total. The van der Waals surface area contributed by atoms with Crippen molar-refractivity contribution in [1.29, 1.82) is 0 Å². The first kappa shape index (κ1) is 29.2. The van der Waals surface area contributed by atoms with E-state index < -0.39 is 10.0 Å². The molecule has 0 radical (unpaired) electrons. The number of sulfonamides is 1. The van der Waals surface area contributed by atoms with E-state index in [4.69, 9.17) is 16.6 Å². The van der Waals surface area contributed by atoms with Crippen LogP contribution in [0.25, 0.3) is 0 Å². The lowest BCUT2D eigenvalue weighted by Gasteiger charge is -2.12. The third-order valence-corrected chi connectivity index (χ3v) is 6.96. The zero-order valence-electron chi connectivity index (χ0n) is 19.8. The quantitative estimate of drug-likeness (QED) is 0.260. The standard InChI is InChI=1S/C19H25N3O3S3.C5H6O/c1-5-6-16(27-4)9-10-18(23)21-12-11-15-8-7-14(2)17(13-15)28(24,25)22-19(26)20-3;1-5-3-2-4-6-5/h5-10,13H,1,11-12H2,2-4H3,(H,21,23)(H2,20,22,26);2-4H,1H3/b10-9+,16-6-;. The molecular weight excluding hydrogens is 490 g/mol. The lowest BCUT2D eigenvalue weighted by molar-refractivity contribution is -0.116. The lowest BCUT2D eigenvalue weighted by atomic mass is 10.1. The molecule has 2 aromatic rings. The monoisotopic (exact) mass is 521 g/mol. The first-order chi connectivity index (χ1) is 16.1. The molecule has 0 aliphatic carbocycles. The summed E-state index contributed by atoms with van der Waals surface area (Å²) in [6, 6.07) is 8.95. The molecule has 0 saturated heterocycles. The molecule has 1 amide bonds. The SMILES string of the molecule is C=C/C=C(/C=C/C(=O)NCCc1ccc(C)c(S(=O)(=O)NC(=S)NC)c1)SC.Cc1ccco1. The Morgan fingerprint density at radius 1 is 1.24 bits per heavy atom. The molecule has 34 heavy (non-hydrogen) atoms. The van der Waals surface area contributed by atoms with Crippen LogP contribution in [0.1, 0.15) is 16.9 Å². The number of carbonyl (C=O) groups is 1. The van der Waals surface area contributed by atoms with Gasteiger partial charge in [-0.25, -0.2) is 8.42 Å². The third-order valence-electron chi connectivity index (χ3n) is 4.29. The number of benzene rings is 1. The van der Waals surface area contributed by atoms with Crippen molar-refractivity contribution in [2.24, 2.45) is 0 Å². The highest BCUT2D eigenvalue weighted by atomic mass is 32.2. The molecule has 0 saturated carbocycles. The number of carbonyl (C=O) groups excluding carboxylic acids is 1. The summed E-state index contributed by atoms with van der Waals surface area (Å²) in [5, 5.41) is 5.39. The highest BCUT2D eigenvalue weighted by molar-refractivity contribution is 8.02. The van der Waals surface area contributed by atoms with Crippen molar-refractivity contribution in [3.63, 3.8) is 0 Å². The van der Waals surface area contributed by atoms with Gasteiger partial charge in [-0.3, -0.25) is 9.52 Å². The number of thiocarbonyl (C=S) groups is 1. The molecule has 0 atom stereocenters. The Bertz CT molecular complexity index is 1120. The Labute approximate surface area is 211 Å². The zero-order valence-corrected chi connectivity index (χ0v) is 22.2. The molecule has 0 fully saturated rings. The van der Waals surface area contributed by atoms with Crippen LogP contribution in [0.15, 0.2) is 81.7 Å². The van der Waals surface area contributed by atoms with Crippen molar-refractivity contribution in [1.82, 2.24) is 15.4 Å². The second-order valence-electron chi connectivity index (χ2n) is 6.89. The predicted molar refractivity (Wildman–Crippen MR) is 144 cm³/mol. The largest absolute Gasteiger partial charge is 0.470 e. The smallest absolute Gasteiger partial charge is 0.263 e. The maximum atomic E-state index is 12.5. The van der Waals surface area contributed by atoms with Gasteiger partial charge in [0.1, 0.15) is 5.76 Å². The van der Waals surface area contributed by atoms with E-state index >= 15 is 0 Å². The van der Waals surface area contributed by atoms with E-state index in [1.54, 1.807) is 44.5 Å². The van der Waals surface area contributed by atoms with Crippen LogP contribution in [0.3, 0.4) is 0 Å². The number of hydrogen-bond donors (Lipinski definition) is 3. The van der Waals surface area contributed by atoms with E-state index in [-0.39, 0.29) is 15.9 Å². The van der Waals surface area contributed by atoms with Gasteiger partial charge < -0.3 is 15.1 Å². The van der Waals surface area contributed by atoms with Gasteiger partial charge in [0.05, 0.1) is 11.2 Å². The molecule has 0 unspecified atom stereocenters. The molecule has 184 valence electrons. The Morgan fingerprint density at radius 2 is 1.97 bits per heavy atom. The Morgan fingerprint density at radius 3 is 2.50 bits per heavy atom. The molecule has 1 aromatic carbocycles. The average molecular weight is 522 g/mol. The topological polar surface area (TPSA) is 100 Å². The van der Waals surface area contributed by atoms with E-state index in [2.05, 4.69) is 21.9 Å². The fourth-order valence-corrected chi connectivity index (χ4v) is 4.55. The van der Waals surface area contributed by atoms with Crippen LogP contribution in [-0.2, 0) is 21.2 Å². The second kappa shape index (κ2) is 15.2. The maximum Gasteiger partial charge on any atom is 0.263 e. The molecule has 0 bridgehead atoms. The summed E-state index contributed by atoms with van der Waals surface area (Å²) in [6.07, 6.45) is 10.7. The van der Waals surface area contributed by atoms with Crippen molar-refractivity contribution in [2.45, 2.75) is 25.2 Å². The number of hydrogen-bond acceptors (Lipinski definition) is 6. The van der Waals surface area contributed by atoms with E-state index in [1.165, 1.54) is 17.8 Å². The number of allylic oxidation sites excluding steroid dienone is 3. The Balaban J connectivity index is 0.000000830. The molecule has 2 rings (SSSR count). The van der Waals surface area contributed by atoms with Gasteiger partial charge in [0.2, 0.25) is 5.91 Å². The summed E-state index contributed by atoms with van der Waals surface area (Å²) in [7, 11) is -2.22. The molecule has 0 aliphatic rings. The minimum Gasteiger partial charge on any atom is -0.470 e. The van der Waals surface area contributed by atoms with Crippen LogP contribution in [0.4, 0.5) is 0 Å². The number of thioether (sulfide) groups is 1. The van der Waals surface area contributed by atoms with Crippen LogP contribution >= 0.6 is 24.0 Å². The van der Waals surface area contributed by atoms with Gasteiger partial charge in [0, 0.05) is 24.6 Å². The van der Waals surface area contributed by atoms with Gasteiger partial charge in [-0.2, -0.15) is 0 Å². The van der Waals surface area contributed by atoms with Crippen molar-refractivity contribution in [3.05, 3.63) is 89.3 Å². The highest BCUT2D eigenvalue weighted by Gasteiger charge is 2.18. The maximum absolute atomic E-state index is 12.5. The van der Waals surface area contributed by atoms with E-state index in [1.807, 2.05) is 37.5 Å². The molecule has 10 heteroatoms. The van der Waals surface area contributed by atoms with Gasteiger partial charge >= 0.3 is 0 Å².